The van der Waals surface area contributed by atoms with Crippen LogP contribution < -0.4 is 14.2 Å². The summed E-state index contributed by atoms with van der Waals surface area (Å²) in [7, 11) is -2.31. The van der Waals surface area contributed by atoms with E-state index >= 15 is 0 Å². The summed E-state index contributed by atoms with van der Waals surface area (Å²) in [5.41, 5.74) is 3.00. The van der Waals surface area contributed by atoms with Gasteiger partial charge in [0.25, 0.3) is 15.9 Å². The second kappa shape index (κ2) is 10.4. The van der Waals surface area contributed by atoms with Crippen molar-refractivity contribution in [2.24, 2.45) is 0 Å². The molecule has 1 aliphatic rings. The molecule has 1 heterocycles. The number of aryl methyl sites for hydroxylation is 2. The number of sulfonamides is 1. The molecule has 35 heavy (non-hydrogen) atoms. The number of hydrogen-bond donors (Lipinski definition) is 1. The van der Waals surface area contributed by atoms with Crippen LogP contribution in [0, 0.1) is 13.8 Å². The molecule has 4 rings (SSSR count). The molecule has 0 radical (unpaired) electrons. The van der Waals surface area contributed by atoms with E-state index in [4.69, 9.17) is 9.47 Å². The van der Waals surface area contributed by atoms with E-state index in [0.717, 1.165) is 29.7 Å². The van der Waals surface area contributed by atoms with Gasteiger partial charge in [-0.05, 0) is 73.5 Å². The number of benzene rings is 3. The molecule has 0 aliphatic carbocycles. The van der Waals surface area contributed by atoms with Gasteiger partial charge in [0.15, 0.2) is 0 Å². The lowest BCUT2D eigenvalue weighted by molar-refractivity contribution is 0.0594. The first-order valence-electron chi connectivity index (χ1n) is 11.6. The number of rotatable bonds is 7. The first kappa shape index (κ1) is 24.6. The van der Waals surface area contributed by atoms with Crippen molar-refractivity contribution >= 4 is 21.6 Å². The van der Waals surface area contributed by atoms with Gasteiger partial charge in [-0.3, -0.25) is 9.52 Å². The van der Waals surface area contributed by atoms with Crippen LogP contribution in [0.1, 0.15) is 34.3 Å². The molecule has 1 saturated heterocycles. The highest BCUT2D eigenvalue weighted by Gasteiger charge is 2.26. The normalized spacial score (nSPS) is 14.4. The fraction of sp³-hybridized carbons (Fsp3) is 0.296. The molecule has 0 aromatic heterocycles. The van der Waals surface area contributed by atoms with E-state index in [1.54, 1.807) is 48.4 Å². The standard InChI is InChI=1S/C27H30N2O5S/c1-19-7-8-20(2)26(17-19)34-24-13-15-29(16-14-24)27(30)21-5-4-6-25(18-21)35(31,32)28-22-9-11-23(33-3)12-10-22/h4-12,17-18,24,28H,13-16H2,1-3H3. The molecule has 0 atom stereocenters. The molecule has 7 nitrogen and oxygen atoms in total. The molecule has 0 unspecified atom stereocenters. The Kier molecular flexibility index (Phi) is 7.31. The van der Waals surface area contributed by atoms with Gasteiger partial charge in [0.1, 0.15) is 17.6 Å². The molecule has 1 N–H and O–H groups in total. The minimum absolute atomic E-state index is 0.0345. The number of methoxy groups -OCH3 is 1. The summed E-state index contributed by atoms with van der Waals surface area (Å²) in [6.07, 6.45) is 1.48. The van der Waals surface area contributed by atoms with E-state index in [2.05, 4.69) is 10.8 Å². The van der Waals surface area contributed by atoms with Crippen molar-refractivity contribution in [3.63, 3.8) is 0 Å². The fourth-order valence-electron chi connectivity index (χ4n) is 4.04. The number of ether oxygens (including phenoxy) is 2. The molecule has 0 spiro atoms. The van der Waals surface area contributed by atoms with Crippen molar-refractivity contribution in [1.29, 1.82) is 0 Å². The Morgan fingerprint density at radius 2 is 1.69 bits per heavy atom. The molecule has 0 bridgehead atoms. The second-order valence-corrected chi connectivity index (χ2v) is 10.4. The van der Waals surface area contributed by atoms with Crippen LogP contribution in [0.4, 0.5) is 5.69 Å². The monoisotopic (exact) mass is 494 g/mol. The summed E-state index contributed by atoms with van der Waals surface area (Å²) in [5, 5.41) is 0. The molecule has 0 saturated carbocycles. The Bertz CT molecular complexity index is 1300. The Labute approximate surface area is 206 Å². The summed E-state index contributed by atoms with van der Waals surface area (Å²) < 4.78 is 39.6. The first-order chi connectivity index (χ1) is 16.7. The highest BCUT2D eigenvalue weighted by atomic mass is 32.2. The average Bonchev–Trinajstić information content (AvgIpc) is 2.86. The minimum Gasteiger partial charge on any atom is -0.497 e. The molecule has 1 fully saturated rings. The van der Waals surface area contributed by atoms with Crippen LogP contribution in [-0.4, -0.2) is 45.5 Å². The third-order valence-electron chi connectivity index (χ3n) is 6.10. The topological polar surface area (TPSA) is 84.9 Å². The third kappa shape index (κ3) is 5.95. The van der Waals surface area contributed by atoms with E-state index in [-0.39, 0.29) is 16.9 Å². The molecule has 8 heteroatoms. The molecule has 1 aliphatic heterocycles. The molecular weight excluding hydrogens is 464 g/mol. The van der Waals surface area contributed by atoms with Gasteiger partial charge < -0.3 is 14.4 Å². The average molecular weight is 495 g/mol. The molecule has 1 amide bonds. The highest BCUT2D eigenvalue weighted by molar-refractivity contribution is 7.92. The van der Waals surface area contributed by atoms with Crippen molar-refractivity contribution in [1.82, 2.24) is 4.90 Å². The van der Waals surface area contributed by atoms with Crippen LogP contribution in [0.15, 0.2) is 71.6 Å². The predicted molar refractivity (Wildman–Crippen MR) is 136 cm³/mol. The SMILES string of the molecule is COc1ccc(NS(=O)(=O)c2cccc(C(=O)N3CCC(Oc4cc(C)ccc4C)CC3)c2)cc1. The van der Waals surface area contributed by atoms with Gasteiger partial charge in [-0.2, -0.15) is 0 Å². The van der Waals surface area contributed by atoms with Crippen LogP contribution in [0.5, 0.6) is 11.5 Å². The van der Waals surface area contributed by atoms with Crippen molar-refractivity contribution < 1.29 is 22.7 Å². The van der Waals surface area contributed by atoms with Gasteiger partial charge in [0.05, 0.1) is 12.0 Å². The highest BCUT2D eigenvalue weighted by Crippen LogP contribution is 2.25. The minimum atomic E-state index is -3.85. The first-order valence-corrected chi connectivity index (χ1v) is 13.0. The second-order valence-electron chi connectivity index (χ2n) is 8.74. The lowest BCUT2D eigenvalue weighted by Crippen LogP contribution is -2.41. The van der Waals surface area contributed by atoms with E-state index in [1.165, 1.54) is 12.1 Å². The fourth-order valence-corrected chi connectivity index (χ4v) is 5.15. The van der Waals surface area contributed by atoms with Gasteiger partial charge in [0.2, 0.25) is 0 Å². The quantitative estimate of drug-likeness (QED) is 0.510. The zero-order valence-corrected chi connectivity index (χ0v) is 21.0. The van der Waals surface area contributed by atoms with E-state index in [9.17, 15) is 13.2 Å². The summed E-state index contributed by atoms with van der Waals surface area (Å²) in [5.74, 6) is 1.33. The zero-order valence-electron chi connectivity index (χ0n) is 20.2. The number of nitrogens with one attached hydrogen (secondary N) is 1. The van der Waals surface area contributed by atoms with Gasteiger partial charge in [-0.25, -0.2) is 8.42 Å². The number of likely N-dealkylation sites (tertiary alicyclic amines) is 1. The molecule has 3 aromatic carbocycles. The Hall–Kier alpha value is -3.52. The van der Waals surface area contributed by atoms with Crippen molar-refractivity contribution in [3.05, 3.63) is 83.4 Å². The third-order valence-corrected chi connectivity index (χ3v) is 7.48. The van der Waals surface area contributed by atoms with Crippen LogP contribution in [0.2, 0.25) is 0 Å². The molecule has 3 aromatic rings. The maximum absolute atomic E-state index is 13.1. The number of piperidine rings is 1. The summed E-state index contributed by atoms with van der Waals surface area (Å²) in [6.45, 7) is 5.16. The maximum Gasteiger partial charge on any atom is 0.261 e. The van der Waals surface area contributed by atoms with E-state index in [0.29, 0.717) is 30.1 Å². The van der Waals surface area contributed by atoms with Crippen molar-refractivity contribution in [2.45, 2.75) is 37.7 Å². The van der Waals surface area contributed by atoms with Crippen LogP contribution in [0.25, 0.3) is 0 Å². The predicted octanol–water partition coefficient (Wildman–Crippen LogP) is 4.80. The van der Waals surface area contributed by atoms with E-state index < -0.39 is 10.0 Å². The van der Waals surface area contributed by atoms with Gasteiger partial charge in [0, 0.05) is 37.2 Å². The van der Waals surface area contributed by atoms with Gasteiger partial charge in [-0.15, -0.1) is 0 Å². The smallest absolute Gasteiger partial charge is 0.261 e. The molecular formula is C27H30N2O5S. The van der Waals surface area contributed by atoms with Crippen molar-refractivity contribution in [2.75, 3.05) is 24.9 Å². The zero-order chi connectivity index (χ0) is 25.0. The molecule has 184 valence electrons. The van der Waals surface area contributed by atoms with Crippen LogP contribution in [0.3, 0.4) is 0 Å². The number of amides is 1. The van der Waals surface area contributed by atoms with Crippen LogP contribution in [-0.2, 0) is 10.0 Å². The summed E-state index contributed by atoms with van der Waals surface area (Å²) in [6, 6.07) is 18.9. The number of hydrogen-bond acceptors (Lipinski definition) is 5. The number of carbonyl (C=O) groups is 1. The van der Waals surface area contributed by atoms with Gasteiger partial charge >= 0.3 is 0 Å². The lowest BCUT2D eigenvalue weighted by Gasteiger charge is -2.32. The van der Waals surface area contributed by atoms with Gasteiger partial charge in [-0.1, -0.05) is 18.2 Å². The largest absolute Gasteiger partial charge is 0.497 e. The van der Waals surface area contributed by atoms with Crippen LogP contribution >= 0.6 is 0 Å². The number of nitrogens with zero attached hydrogens (tertiary/aromatic N) is 1. The number of anilines is 1. The number of carbonyl (C=O) groups excluding carboxylic acids is 1. The Morgan fingerprint density at radius 3 is 2.37 bits per heavy atom. The Balaban J connectivity index is 1.40. The lowest BCUT2D eigenvalue weighted by atomic mass is 10.1. The summed E-state index contributed by atoms with van der Waals surface area (Å²) in [4.78, 5) is 14.9. The Morgan fingerprint density at radius 1 is 0.971 bits per heavy atom. The summed E-state index contributed by atoms with van der Waals surface area (Å²) >= 11 is 0. The van der Waals surface area contributed by atoms with E-state index in [1.807, 2.05) is 26.0 Å². The maximum atomic E-state index is 13.1. The van der Waals surface area contributed by atoms with Crippen molar-refractivity contribution in [3.8, 4) is 11.5 Å².